The van der Waals surface area contributed by atoms with Crippen LogP contribution in [0.2, 0.25) is 0 Å². The minimum absolute atomic E-state index is 0.206. The Morgan fingerprint density at radius 3 is 1.46 bits per heavy atom. The van der Waals surface area contributed by atoms with Crippen LogP contribution in [0.15, 0.2) is 54.6 Å². The van der Waals surface area contributed by atoms with E-state index in [2.05, 4.69) is 98.9 Å². The topological polar surface area (TPSA) is 0 Å². The molecule has 1 aromatic rings. The quantitative estimate of drug-likeness (QED) is 0.472. The van der Waals surface area contributed by atoms with Crippen LogP contribution in [0.25, 0.3) is 5.57 Å². The van der Waals surface area contributed by atoms with E-state index >= 15 is 0 Å². The monoisotopic (exact) mass is 358 g/mol. The lowest BCUT2D eigenvalue weighted by molar-refractivity contribution is 0.590. The zero-order valence-corrected chi connectivity index (χ0v) is 19.7. The second-order valence-electron chi connectivity index (χ2n) is 7.37. The van der Waals surface area contributed by atoms with Gasteiger partial charge in [-0.05, 0) is 41.5 Å². The van der Waals surface area contributed by atoms with E-state index < -0.39 is 0 Å². The summed E-state index contributed by atoms with van der Waals surface area (Å²) in [5, 5.41) is 0. The molecule has 0 spiro atoms. The van der Waals surface area contributed by atoms with E-state index in [1.54, 1.807) is 0 Å². The summed E-state index contributed by atoms with van der Waals surface area (Å²) < 4.78 is 0. The molecule has 0 unspecified atom stereocenters. The molecular formula is C26H46. The highest BCUT2D eigenvalue weighted by Gasteiger charge is 2.12. The average Bonchev–Trinajstić information content (AvgIpc) is 2.57. The average molecular weight is 359 g/mol. The van der Waals surface area contributed by atoms with Crippen LogP contribution in [0.3, 0.4) is 0 Å². The van der Waals surface area contributed by atoms with Crippen LogP contribution < -0.4 is 0 Å². The molecule has 0 saturated heterocycles. The van der Waals surface area contributed by atoms with Crippen LogP contribution in [0, 0.1) is 0 Å². The zero-order chi connectivity index (χ0) is 21.3. The Balaban J connectivity index is -0.000000567. The molecule has 26 heavy (non-hydrogen) atoms. The summed E-state index contributed by atoms with van der Waals surface area (Å²) in [7, 11) is 0. The fraction of sp³-hybridized carbons (Fsp3) is 0.538. The molecule has 1 aromatic carbocycles. The van der Waals surface area contributed by atoms with Gasteiger partial charge in [-0.3, -0.25) is 0 Å². The van der Waals surface area contributed by atoms with Gasteiger partial charge in [-0.2, -0.15) is 0 Å². The van der Waals surface area contributed by atoms with Gasteiger partial charge < -0.3 is 0 Å². The van der Waals surface area contributed by atoms with Crippen LogP contribution in [-0.4, -0.2) is 0 Å². The largest absolute Gasteiger partial charge is 0.0955 e. The van der Waals surface area contributed by atoms with Crippen LogP contribution in [0.4, 0.5) is 0 Å². The number of rotatable bonds is 3. The van der Waals surface area contributed by atoms with E-state index in [-0.39, 0.29) is 5.41 Å². The van der Waals surface area contributed by atoms with Gasteiger partial charge in [0, 0.05) is 0 Å². The van der Waals surface area contributed by atoms with Gasteiger partial charge in [0.25, 0.3) is 0 Å². The van der Waals surface area contributed by atoms with Crippen LogP contribution in [-0.2, 0) is 5.41 Å². The molecule has 0 bridgehead atoms. The number of allylic oxidation sites excluding steroid dienone is 4. The molecule has 0 heterocycles. The van der Waals surface area contributed by atoms with Gasteiger partial charge in [0.15, 0.2) is 0 Å². The Morgan fingerprint density at radius 1 is 0.846 bits per heavy atom. The van der Waals surface area contributed by atoms with Crippen molar-refractivity contribution in [2.24, 2.45) is 0 Å². The summed E-state index contributed by atoms with van der Waals surface area (Å²) in [4.78, 5) is 0. The Hall–Kier alpha value is -1.56. The summed E-state index contributed by atoms with van der Waals surface area (Å²) in [5.74, 6) is 0. The van der Waals surface area contributed by atoms with Crippen LogP contribution in [0.1, 0.15) is 100 Å². The lowest BCUT2D eigenvalue weighted by Crippen LogP contribution is -2.10. The smallest absolute Gasteiger partial charge is 0.0132 e. The minimum Gasteiger partial charge on any atom is -0.0955 e. The first-order chi connectivity index (χ1) is 12.0. The van der Waals surface area contributed by atoms with E-state index in [1.807, 2.05) is 20.8 Å². The molecule has 0 aromatic heterocycles. The van der Waals surface area contributed by atoms with Crippen molar-refractivity contribution in [2.45, 2.75) is 94.4 Å². The molecule has 0 aliphatic heterocycles. The molecule has 0 nitrogen and oxygen atoms in total. The zero-order valence-electron chi connectivity index (χ0n) is 19.7. The van der Waals surface area contributed by atoms with Crippen molar-refractivity contribution in [3.8, 4) is 0 Å². The molecule has 1 rings (SSSR count). The fourth-order valence-corrected chi connectivity index (χ4v) is 1.70. The highest BCUT2D eigenvalue weighted by molar-refractivity contribution is 5.68. The van der Waals surface area contributed by atoms with Gasteiger partial charge in [-0.1, -0.05) is 124 Å². The molecule has 0 amide bonds. The fourth-order valence-electron chi connectivity index (χ4n) is 1.70. The third kappa shape index (κ3) is 14.8. The maximum Gasteiger partial charge on any atom is -0.0132 e. The molecule has 0 radical (unpaired) electrons. The van der Waals surface area contributed by atoms with E-state index in [0.717, 1.165) is 11.1 Å². The summed E-state index contributed by atoms with van der Waals surface area (Å²) in [6.45, 7) is 31.2. The first-order valence-electron chi connectivity index (χ1n) is 10.2. The van der Waals surface area contributed by atoms with Crippen LogP contribution >= 0.6 is 0 Å². The van der Waals surface area contributed by atoms with Crippen molar-refractivity contribution < 1.29 is 0 Å². The van der Waals surface area contributed by atoms with Crippen molar-refractivity contribution in [3.05, 3.63) is 65.8 Å². The maximum atomic E-state index is 4.00. The maximum absolute atomic E-state index is 4.00. The Bertz CT molecular complexity index is 502. The molecule has 0 saturated carbocycles. The van der Waals surface area contributed by atoms with Crippen molar-refractivity contribution >= 4 is 5.57 Å². The first kappa shape index (κ1) is 29.2. The molecule has 0 aliphatic carbocycles. The third-order valence-electron chi connectivity index (χ3n) is 3.15. The van der Waals surface area contributed by atoms with Crippen molar-refractivity contribution in [1.82, 2.24) is 0 Å². The predicted molar refractivity (Wildman–Crippen MR) is 126 cm³/mol. The molecule has 0 N–H and O–H groups in total. The van der Waals surface area contributed by atoms with Crippen molar-refractivity contribution in [3.63, 3.8) is 0 Å². The number of hydrogen-bond acceptors (Lipinski definition) is 0. The molecule has 0 atom stereocenters. The SMILES string of the molecule is C=C(C)C(=C)/C=C(\C)c1ccc(C(C)(C)C)cc1.CC.CCC.CCC. The minimum atomic E-state index is 0.206. The lowest BCUT2D eigenvalue weighted by atomic mass is 9.86. The Morgan fingerprint density at radius 2 is 1.19 bits per heavy atom. The molecular weight excluding hydrogens is 312 g/mol. The van der Waals surface area contributed by atoms with E-state index in [0.29, 0.717) is 0 Å². The summed E-state index contributed by atoms with van der Waals surface area (Å²) in [6, 6.07) is 8.77. The van der Waals surface area contributed by atoms with E-state index in [9.17, 15) is 0 Å². The molecule has 150 valence electrons. The second-order valence-corrected chi connectivity index (χ2v) is 7.37. The highest BCUT2D eigenvalue weighted by Crippen LogP contribution is 2.25. The van der Waals surface area contributed by atoms with Gasteiger partial charge >= 0.3 is 0 Å². The van der Waals surface area contributed by atoms with Gasteiger partial charge in [-0.25, -0.2) is 0 Å². The van der Waals surface area contributed by atoms with Gasteiger partial charge in [0.1, 0.15) is 0 Å². The Kier molecular flexibility index (Phi) is 19.0. The summed E-state index contributed by atoms with van der Waals surface area (Å²) in [5.41, 5.74) is 6.04. The van der Waals surface area contributed by atoms with Gasteiger partial charge in [0.2, 0.25) is 0 Å². The van der Waals surface area contributed by atoms with Gasteiger partial charge in [-0.15, -0.1) is 0 Å². The van der Waals surface area contributed by atoms with Gasteiger partial charge in [0.05, 0.1) is 0 Å². The molecule has 0 fully saturated rings. The van der Waals surface area contributed by atoms with Crippen molar-refractivity contribution in [1.29, 1.82) is 0 Å². The molecule has 0 heteroatoms. The highest BCUT2D eigenvalue weighted by atomic mass is 14.2. The van der Waals surface area contributed by atoms with E-state index in [4.69, 9.17) is 0 Å². The third-order valence-corrected chi connectivity index (χ3v) is 3.15. The normalized spacial score (nSPS) is 10.2. The molecule has 0 aliphatic rings. The Labute approximate surface area is 166 Å². The second kappa shape index (κ2) is 16.9. The number of hydrogen-bond donors (Lipinski definition) is 0. The van der Waals surface area contributed by atoms with E-state index in [1.165, 1.54) is 29.5 Å². The van der Waals surface area contributed by atoms with Crippen LogP contribution in [0.5, 0.6) is 0 Å². The standard InChI is InChI=1S/C18H24.2C3H8.C2H6/c1-13(2)14(3)12-15(4)16-8-10-17(11-9-16)18(5,6)7;2*1-3-2;1-2/h8-12H,1,3H2,2,4-7H3;2*3H2,1-2H3;1-2H3/b15-12+;;;. The summed E-state index contributed by atoms with van der Waals surface area (Å²) in [6.07, 6.45) is 4.59. The van der Waals surface area contributed by atoms with Crippen molar-refractivity contribution in [2.75, 3.05) is 0 Å². The first-order valence-corrected chi connectivity index (χ1v) is 10.2. The summed E-state index contributed by atoms with van der Waals surface area (Å²) >= 11 is 0. The number of benzene rings is 1. The lowest BCUT2D eigenvalue weighted by Gasteiger charge is -2.19. The predicted octanol–water partition coefficient (Wildman–Crippen LogP) is 9.38.